The molecule has 124 valence electrons. The summed E-state index contributed by atoms with van der Waals surface area (Å²) in [6.45, 7) is 10.1. The third-order valence-electron chi connectivity index (χ3n) is 3.92. The molecular formula is C17H32O4. The van der Waals surface area contributed by atoms with Gasteiger partial charge in [-0.05, 0) is 32.1 Å². The summed E-state index contributed by atoms with van der Waals surface area (Å²) >= 11 is 0. The number of esters is 2. The average molecular weight is 300 g/mol. The zero-order valence-corrected chi connectivity index (χ0v) is 14.4. The third-order valence-corrected chi connectivity index (χ3v) is 3.92. The number of ether oxygens (including phenoxy) is 2. The molecule has 0 radical (unpaired) electrons. The van der Waals surface area contributed by atoms with Gasteiger partial charge < -0.3 is 9.47 Å². The molecule has 0 aliphatic heterocycles. The molecule has 0 N–H and O–H groups in total. The largest absolute Gasteiger partial charge is 0.465 e. The van der Waals surface area contributed by atoms with E-state index in [2.05, 4.69) is 13.8 Å². The van der Waals surface area contributed by atoms with Gasteiger partial charge in [0.1, 0.15) is 6.10 Å². The summed E-state index contributed by atoms with van der Waals surface area (Å²) in [5.41, 5.74) is -1.14. The first-order valence-corrected chi connectivity index (χ1v) is 8.40. The van der Waals surface area contributed by atoms with Crippen molar-refractivity contribution in [3.05, 3.63) is 0 Å². The quantitative estimate of drug-likeness (QED) is 0.422. The van der Waals surface area contributed by atoms with Crippen molar-refractivity contribution in [1.82, 2.24) is 0 Å². The number of carbonyl (C=O) groups excluding carboxylic acids is 2. The first-order chi connectivity index (χ1) is 10.0. The van der Waals surface area contributed by atoms with Crippen LogP contribution in [0.2, 0.25) is 0 Å². The van der Waals surface area contributed by atoms with Crippen LogP contribution in [0.3, 0.4) is 0 Å². The van der Waals surface area contributed by atoms with E-state index in [1.807, 2.05) is 20.8 Å². The molecule has 0 atom stereocenters. The third kappa shape index (κ3) is 5.68. The van der Waals surface area contributed by atoms with Gasteiger partial charge in [0.25, 0.3) is 0 Å². The summed E-state index contributed by atoms with van der Waals surface area (Å²) in [4.78, 5) is 24.9. The Kier molecular flexibility index (Phi) is 10.1. The molecule has 0 amide bonds. The van der Waals surface area contributed by atoms with Crippen LogP contribution >= 0.6 is 0 Å². The second-order valence-electron chi connectivity index (χ2n) is 5.53. The van der Waals surface area contributed by atoms with Crippen LogP contribution in [0.4, 0.5) is 0 Å². The summed E-state index contributed by atoms with van der Waals surface area (Å²) < 4.78 is 10.9. The lowest BCUT2D eigenvalue weighted by Gasteiger charge is -2.29. The Morgan fingerprint density at radius 1 is 0.857 bits per heavy atom. The average Bonchev–Trinajstić information content (AvgIpc) is 2.47. The maximum atomic E-state index is 12.6. The lowest BCUT2D eigenvalue weighted by atomic mass is 9.82. The van der Waals surface area contributed by atoms with Crippen molar-refractivity contribution in [3.63, 3.8) is 0 Å². The molecule has 0 aliphatic carbocycles. The van der Waals surface area contributed by atoms with Gasteiger partial charge in [0.15, 0.2) is 5.41 Å². The van der Waals surface area contributed by atoms with Gasteiger partial charge in [-0.25, -0.2) is 0 Å². The lowest BCUT2D eigenvalue weighted by Crippen LogP contribution is -2.42. The Labute approximate surface area is 129 Å². The summed E-state index contributed by atoms with van der Waals surface area (Å²) in [5.74, 6) is -0.855. The molecule has 0 aromatic heterocycles. The molecule has 0 spiro atoms. The van der Waals surface area contributed by atoms with E-state index in [-0.39, 0.29) is 6.10 Å². The van der Waals surface area contributed by atoms with Gasteiger partial charge in [0, 0.05) is 0 Å². The van der Waals surface area contributed by atoms with Gasteiger partial charge >= 0.3 is 11.9 Å². The molecule has 0 fully saturated rings. The van der Waals surface area contributed by atoms with Crippen LogP contribution in [0, 0.1) is 5.41 Å². The van der Waals surface area contributed by atoms with Gasteiger partial charge in [-0.3, -0.25) is 9.59 Å². The van der Waals surface area contributed by atoms with E-state index in [1.54, 1.807) is 0 Å². The molecule has 0 saturated carbocycles. The topological polar surface area (TPSA) is 52.6 Å². The molecule has 0 rings (SSSR count). The molecule has 4 nitrogen and oxygen atoms in total. The fraction of sp³-hybridized carbons (Fsp3) is 0.882. The Balaban J connectivity index is 4.98. The fourth-order valence-electron chi connectivity index (χ4n) is 2.41. The van der Waals surface area contributed by atoms with E-state index in [1.165, 1.54) is 0 Å². The van der Waals surface area contributed by atoms with Gasteiger partial charge in [0.2, 0.25) is 0 Å². The lowest BCUT2D eigenvalue weighted by molar-refractivity contribution is -0.177. The SMILES string of the molecule is CCCOC(=O)C(CC)(CC)C(=O)OC(CCC)CCC. The van der Waals surface area contributed by atoms with Crippen LogP contribution in [-0.4, -0.2) is 24.6 Å². The zero-order valence-electron chi connectivity index (χ0n) is 14.4. The number of hydrogen-bond acceptors (Lipinski definition) is 4. The number of carbonyl (C=O) groups is 2. The Morgan fingerprint density at radius 3 is 1.76 bits per heavy atom. The highest BCUT2D eigenvalue weighted by Gasteiger charge is 2.46. The van der Waals surface area contributed by atoms with E-state index >= 15 is 0 Å². The van der Waals surface area contributed by atoms with E-state index in [0.29, 0.717) is 19.4 Å². The second-order valence-corrected chi connectivity index (χ2v) is 5.53. The standard InChI is InChI=1S/C17H32O4/c1-6-11-14(12-7-2)21-16(19)17(9-4,10-5)15(18)20-13-8-3/h14H,6-13H2,1-5H3. The summed E-state index contributed by atoms with van der Waals surface area (Å²) in [7, 11) is 0. The predicted octanol–water partition coefficient (Wildman–Crippen LogP) is 4.26. The van der Waals surface area contributed by atoms with Gasteiger partial charge in [-0.15, -0.1) is 0 Å². The van der Waals surface area contributed by atoms with Crippen molar-refractivity contribution >= 4 is 11.9 Å². The first kappa shape index (κ1) is 19.9. The van der Waals surface area contributed by atoms with Crippen LogP contribution in [0.1, 0.15) is 79.6 Å². The van der Waals surface area contributed by atoms with Gasteiger partial charge in [-0.2, -0.15) is 0 Å². The number of rotatable bonds is 11. The molecule has 4 heteroatoms. The highest BCUT2D eigenvalue weighted by Crippen LogP contribution is 2.31. The minimum atomic E-state index is -1.14. The van der Waals surface area contributed by atoms with Crippen LogP contribution in [0.15, 0.2) is 0 Å². The predicted molar refractivity (Wildman–Crippen MR) is 84.0 cm³/mol. The fourth-order valence-corrected chi connectivity index (χ4v) is 2.41. The van der Waals surface area contributed by atoms with Crippen molar-refractivity contribution in [2.45, 2.75) is 85.7 Å². The first-order valence-electron chi connectivity index (χ1n) is 8.40. The van der Waals surface area contributed by atoms with Crippen molar-refractivity contribution in [3.8, 4) is 0 Å². The molecule has 0 unspecified atom stereocenters. The summed E-state index contributed by atoms with van der Waals surface area (Å²) in [6.07, 6.45) is 5.08. The molecule has 0 aliphatic rings. The van der Waals surface area contributed by atoms with Crippen LogP contribution in [0.25, 0.3) is 0 Å². The van der Waals surface area contributed by atoms with Crippen molar-refractivity contribution in [1.29, 1.82) is 0 Å². The van der Waals surface area contributed by atoms with E-state index in [0.717, 1.165) is 32.1 Å². The molecular weight excluding hydrogens is 268 g/mol. The number of hydrogen-bond donors (Lipinski definition) is 0. The van der Waals surface area contributed by atoms with E-state index < -0.39 is 17.4 Å². The highest BCUT2D eigenvalue weighted by molar-refractivity contribution is 6.00. The van der Waals surface area contributed by atoms with Crippen molar-refractivity contribution in [2.24, 2.45) is 5.41 Å². The van der Waals surface area contributed by atoms with E-state index in [4.69, 9.17) is 9.47 Å². The molecule has 0 heterocycles. The minimum absolute atomic E-state index is 0.0936. The molecule has 0 bridgehead atoms. The smallest absolute Gasteiger partial charge is 0.323 e. The van der Waals surface area contributed by atoms with Crippen LogP contribution in [0.5, 0.6) is 0 Å². The molecule has 0 saturated heterocycles. The minimum Gasteiger partial charge on any atom is -0.465 e. The normalized spacial score (nSPS) is 11.5. The van der Waals surface area contributed by atoms with Gasteiger partial charge in [0.05, 0.1) is 6.61 Å². The van der Waals surface area contributed by atoms with Crippen molar-refractivity contribution in [2.75, 3.05) is 6.61 Å². The maximum absolute atomic E-state index is 12.6. The summed E-state index contributed by atoms with van der Waals surface area (Å²) in [6, 6.07) is 0. The Bertz CT molecular complexity index is 302. The summed E-state index contributed by atoms with van der Waals surface area (Å²) in [5, 5.41) is 0. The van der Waals surface area contributed by atoms with Crippen LogP contribution < -0.4 is 0 Å². The van der Waals surface area contributed by atoms with Gasteiger partial charge in [-0.1, -0.05) is 47.5 Å². The van der Waals surface area contributed by atoms with Crippen LogP contribution in [-0.2, 0) is 19.1 Å². The highest BCUT2D eigenvalue weighted by atomic mass is 16.6. The van der Waals surface area contributed by atoms with Crippen molar-refractivity contribution < 1.29 is 19.1 Å². The maximum Gasteiger partial charge on any atom is 0.323 e. The Morgan fingerprint density at radius 2 is 1.38 bits per heavy atom. The second kappa shape index (κ2) is 10.6. The molecule has 21 heavy (non-hydrogen) atoms. The van der Waals surface area contributed by atoms with E-state index in [9.17, 15) is 9.59 Å². The monoisotopic (exact) mass is 300 g/mol. The molecule has 0 aromatic carbocycles. The zero-order chi connectivity index (χ0) is 16.3. The molecule has 0 aromatic rings. The Hall–Kier alpha value is -1.06.